The average molecular weight is 325 g/mol. The Morgan fingerprint density at radius 3 is 2.29 bits per heavy atom. The fourth-order valence-corrected chi connectivity index (χ4v) is 2.52. The van der Waals surface area contributed by atoms with Crippen LogP contribution >= 0.6 is 0 Å². The lowest BCUT2D eigenvalue weighted by molar-refractivity contribution is -0.128. The molecule has 3 nitrogen and oxygen atoms in total. The van der Waals surface area contributed by atoms with Crippen molar-refractivity contribution in [3.63, 3.8) is 0 Å². The van der Waals surface area contributed by atoms with Gasteiger partial charge in [-0.3, -0.25) is 4.79 Å². The van der Waals surface area contributed by atoms with Crippen molar-refractivity contribution in [1.29, 1.82) is 0 Å². The number of nitrogens with one attached hydrogen (secondary N) is 1. The van der Waals surface area contributed by atoms with Gasteiger partial charge in [0.2, 0.25) is 0 Å². The zero-order valence-electron chi connectivity index (χ0n) is 15.2. The lowest BCUT2D eigenvalue weighted by Crippen LogP contribution is -2.39. The normalized spacial score (nSPS) is 13.2. The second-order valence-corrected chi connectivity index (χ2v) is 6.40. The second-order valence-electron chi connectivity index (χ2n) is 6.40. The molecule has 0 aromatic heterocycles. The van der Waals surface area contributed by atoms with Crippen LogP contribution in [0.5, 0.6) is 5.75 Å². The molecule has 0 fully saturated rings. The molecule has 2 aromatic carbocycles. The minimum absolute atomic E-state index is 0.0458. The molecule has 0 radical (unpaired) electrons. The molecular weight excluding hydrogens is 298 g/mol. The third-order valence-electron chi connectivity index (χ3n) is 4.36. The van der Waals surface area contributed by atoms with Crippen molar-refractivity contribution in [2.75, 3.05) is 0 Å². The summed E-state index contributed by atoms with van der Waals surface area (Å²) in [5, 5.41) is 3.05. The minimum atomic E-state index is -0.486. The molecular formula is C21H27NO2. The Bertz CT molecular complexity index is 691. The largest absolute Gasteiger partial charge is 0.481 e. The predicted molar refractivity (Wildman–Crippen MR) is 98.4 cm³/mol. The number of hydrogen-bond donors (Lipinski definition) is 1. The van der Waals surface area contributed by atoms with Gasteiger partial charge in [-0.15, -0.1) is 0 Å². The molecule has 0 bridgehead atoms. The number of rotatable bonds is 6. The van der Waals surface area contributed by atoms with Crippen LogP contribution in [0.1, 0.15) is 48.6 Å². The fourth-order valence-electron chi connectivity index (χ4n) is 2.52. The van der Waals surface area contributed by atoms with Crippen LogP contribution in [-0.4, -0.2) is 12.0 Å². The number of ether oxygens (including phenoxy) is 1. The molecule has 0 spiro atoms. The van der Waals surface area contributed by atoms with Gasteiger partial charge in [0.15, 0.2) is 6.10 Å². The summed E-state index contributed by atoms with van der Waals surface area (Å²) in [6.45, 7) is 10.1. The standard InChI is InChI=1S/C21H27NO2/c1-6-20(24-19-12-9-15(3)16(4)13-19)21(23)22-17(5)18-10-7-14(2)8-11-18/h7-13,17,20H,6H2,1-5H3,(H,22,23)/t17-,20-/m1/s1. The van der Waals surface area contributed by atoms with Gasteiger partial charge >= 0.3 is 0 Å². The van der Waals surface area contributed by atoms with Crippen LogP contribution in [0.3, 0.4) is 0 Å². The molecule has 0 aliphatic carbocycles. The SMILES string of the molecule is CC[C@@H](Oc1ccc(C)c(C)c1)C(=O)N[C@H](C)c1ccc(C)cc1. The van der Waals surface area contributed by atoms with Gasteiger partial charge in [0.05, 0.1) is 6.04 Å². The van der Waals surface area contributed by atoms with Crippen molar-refractivity contribution in [3.8, 4) is 5.75 Å². The summed E-state index contributed by atoms with van der Waals surface area (Å²) in [6.07, 6.45) is 0.138. The Morgan fingerprint density at radius 1 is 1.04 bits per heavy atom. The van der Waals surface area contributed by atoms with E-state index < -0.39 is 6.10 Å². The molecule has 2 rings (SSSR count). The molecule has 1 amide bonds. The van der Waals surface area contributed by atoms with E-state index in [0.717, 1.165) is 16.9 Å². The van der Waals surface area contributed by atoms with Crippen LogP contribution in [0.15, 0.2) is 42.5 Å². The Labute approximate surface area is 145 Å². The van der Waals surface area contributed by atoms with Crippen LogP contribution in [-0.2, 0) is 4.79 Å². The molecule has 0 aliphatic heterocycles. The Hall–Kier alpha value is -2.29. The van der Waals surface area contributed by atoms with Crippen LogP contribution < -0.4 is 10.1 Å². The zero-order valence-corrected chi connectivity index (χ0v) is 15.2. The number of benzene rings is 2. The summed E-state index contributed by atoms with van der Waals surface area (Å²) in [4.78, 5) is 12.5. The van der Waals surface area contributed by atoms with Crippen molar-refractivity contribution >= 4 is 5.91 Å². The highest BCUT2D eigenvalue weighted by molar-refractivity contribution is 5.81. The summed E-state index contributed by atoms with van der Waals surface area (Å²) in [5.74, 6) is 0.659. The van der Waals surface area contributed by atoms with E-state index in [4.69, 9.17) is 4.74 Å². The molecule has 1 N–H and O–H groups in total. The molecule has 0 aliphatic rings. The van der Waals surface area contributed by atoms with Crippen LogP contribution in [0.2, 0.25) is 0 Å². The zero-order chi connectivity index (χ0) is 17.7. The first-order valence-electron chi connectivity index (χ1n) is 8.51. The van der Waals surface area contributed by atoms with E-state index in [1.54, 1.807) is 0 Å². The van der Waals surface area contributed by atoms with Gasteiger partial charge in [-0.2, -0.15) is 0 Å². The highest BCUT2D eigenvalue weighted by Gasteiger charge is 2.20. The Kier molecular flexibility index (Phi) is 6.02. The fraction of sp³-hybridized carbons (Fsp3) is 0.381. The summed E-state index contributed by atoms with van der Waals surface area (Å²) in [5.41, 5.74) is 4.68. The Morgan fingerprint density at radius 2 is 1.71 bits per heavy atom. The quantitative estimate of drug-likeness (QED) is 0.840. The predicted octanol–water partition coefficient (Wildman–Crippen LogP) is 4.65. The van der Waals surface area contributed by atoms with Gasteiger partial charge in [0.25, 0.3) is 5.91 Å². The molecule has 128 valence electrons. The third-order valence-corrected chi connectivity index (χ3v) is 4.36. The van der Waals surface area contributed by atoms with Gasteiger partial charge in [0, 0.05) is 0 Å². The first-order valence-corrected chi connectivity index (χ1v) is 8.51. The smallest absolute Gasteiger partial charge is 0.261 e. The maximum Gasteiger partial charge on any atom is 0.261 e. The maximum absolute atomic E-state index is 12.5. The van der Waals surface area contributed by atoms with Gasteiger partial charge in [0.1, 0.15) is 5.75 Å². The van der Waals surface area contributed by atoms with Crippen LogP contribution in [0.4, 0.5) is 0 Å². The number of hydrogen-bond acceptors (Lipinski definition) is 2. The van der Waals surface area contributed by atoms with Crippen LogP contribution in [0.25, 0.3) is 0 Å². The van der Waals surface area contributed by atoms with E-state index in [1.165, 1.54) is 11.1 Å². The summed E-state index contributed by atoms with van der Waals surface area (Å²) >= 11 is 0. The molecule has 24 heavy (non-hydrogen) atoms. The molecule has 2 atom stereocenters. The van der Waals surface area contributed by atoms with E-state index in [2.05, 4.69) is 31.3 Å². The minimum Gasteiger partial charge on any atom is -0.481 e. The molecule has 0 heterocycles. The third kappa shape index (κ3) is 4.60. The van der Waals surface area contributed by atoms with Crippen LogP contribution in [0, 0.1) is 20.8 Å². The highest BCUT2D eigenvalue weighted by Crippen LogP contribution is 2.19. The number of amides is 1. The average Bonchev–Trinajstić information content (AvgIpc) is 2.56. The highest BCUT2D eigenvalue weighted by atomic mass is 16.5. The lowest BCUT2D eigenvalue weighted by atomic mass is 10.1. The summed E-state index contributed by atoms with van der Waals surface area (Å²) < 4.78 is 5.91. The lowest BCUT2D eigenvalue weighted by Gasteiger charge is -2.21. The van der Waals surface area contributed by atoms with Crippen molar-refractivity contribution in [2.45, 2.75) is 53.2 Å². The van der Waals surface area contributed by atoms with E-state index in [-0.39, 0.29) is 11.9 Å². The summed E-state index contributed by atoms with van der Waals surface area (Å²) in [7, 11) is 0. The number of aryl methyl sites for hydroxylation is 3. The number of carbonyl (C=O) groups is 1. The molecule has 0 saturated heterocycles. The number of carbonyl (C=O) groups excluding carboxylic acids is 1. The van der Waals surface area contributed by atoms with Crippen molar-refractivity contribution in [3.05, 3.63) is 64.7 Å². The molecule has 0 saturated carbocycles. The van der Waals surface area contributed by atoms with E-state index in [1.807, 2.05) is 51.1 Å². The van der Waals surface area contributed by atoms with Gasteiger partial charge in [-0.05, 0) is 62.9 Å². The first kappa shape index (κ1) is 18.1. The van der Waals surface area contributed by atoms with E-state index >= 15 is 0 Å². The monoisotopic (exact) mass is 325 g/mol. The molecule has 0 unspecified atom stereocenters. The van der Waals surface area contributed by atoms with Crippen molar-refractivity contribution < 1.29 is 9.53 Å². The Balaban J connectivity index is 2.02. The van der Waals surface area contributed by atoms with Gasteiger partial charge in [-0.1, -0.05) is 42.8 Å². The van der Waals surface area contributed by atoms with Crippen molar-refractivity contribution in [2.24, 2.45) is 0 Å². The second kappa shape index (κ2) is 8.00. The van der Waals surface area contributed by atoms with Gasteiger partial charge < -0.3 is 10.1 Å². The summed E-state index contributed by atoms with van der Waals surface area (Å²) in [6, 6.07) is 14.1. The topological polar surface area (TPSA) is 38.3 Å². The van der Waals surface area contributed by atoms with E-state index in [9.17, 15) is 4.79 Å². The van der Waals surface area contributed by atoms with Crippen molar-refractivity contribution in [1.82, 2.24) is 5.32 Å². The van der Waals surface area contributed by atoms with Gasteiger partial charge in [-0.25, -0.2) is 0 Å². The van der Waals surface area contributed by atoms with E-state index in [0.29, 0.717) is 6.42 Å². The molecule has 2 aromatic rings. The maximum atomic E-state index is 12.5. The first-order chi connectivity index (χ1) is 11.4. The molecule has 3 heteroatoms.